The lowest BCUT2D eigenvalue weighted by Crippen LogP contribution is -2.45. The second-order valence-electron chi connectivity index (χ2n) is 6.93. The molecule has 3 aliphatic rings. The van der Waals surface area contributed by atoms with E-state index in [1.165, 1.54) is 22.9 Å². The molecule has 4 rings (SSSR count). The summed E-state index contributed by atoms with van der Waals surface area (Å²) in [6.07, 6.45) is 2.21. The van der Waals surface area contributed by atoms with E-state index >= 15 is 0 Å². The van der Waals surface area contributed by atoms with Crippen LogP contribution in [-0.2, 0) is 16.0 Å². The van der Waals surface area contributed by atoms with Crippen molar-refractivity contribution in [2.24, 2.45) is 0 Å². The van der Waals surface area contributed by atoms with E-state index in [1.807, 2.05) is 6.07 Å². The van der Waals surface area contributed by atoms with Gasteiger partial charge in [0, 0.05) is 29.8 Å². The van der Waals surface area contributed by atoms with Crippen molar-refractivity contribution in [1.82, 2.24) is 4.90 Å². The Hall–Kier alpha value is -1.55. The number of allylic oxidation sites excluding steroid dienone is 1. The normalized spacial score (nSPS) is 26.5. The summed E-state index contributed by atoms with van der Waals surface area (Å²) in [4.78, 5) is 27.4. The Morgan fingerprint density at radius 2 is 2.00 bits per heavy atom. The number of Topliss-reactive ketones (excluding diaryl/α,β-unsaturated/α-hetero) is 1. The third-order valence-corrected chi connectivity index (χ3v) is 5.96. The van der Waals surface area contributed by atoms with Gasteiger partial charge in [-0.25, -0.2) is 0 Å². The molecule has 1 aromatic carbocycles. The molecule has 0 spiro atoms. The summed E-state index contributed by atoms with van der Waals surface area (Å²) in [7, 11) is 0. The molecule has 0 unspecified atom stereocenters. The molecule has 3 nitrogen and oxygen atoms in total. The molecule has 0 amide bonds. The molecule has 0 aliphatic carbocycles. The number of hydrogen-bond donors (Lipinski definition) is 0. The van der Waals surface area contributed by atoms with Gasteiger partial charge in [-0.15, -0.1) is 0 Å². The molecule has 0 fully saturated rings. The Morgan fingerprint density at radius 1 is 1.23 bits per heavy atom. The van der Waals surface area contributed by atoms with Gasteiger partial charge in [-0.2, -0.15) is 0 Å². The minimum atomic E-state index is -0.130. The molecule has 22 heavy (non-hydrogen) atoms. The third-order valence-electron chi connectivity index (χ3n) is 4.87. The molecule has 0 saturated carbocycles. The molecule has 3 aliphatic heterocycles. The molecule has 114 valence electrons. The first kappa shape index (κ1) is 14.1. The number of carbonyl (C=O) groups excluding carboxylic acids is 2. The van der Waals surface area contributed by atoms with E-state index in [2.05, 4.69) is 36.9 Å². The van der Waals surface area contributed by atoms with Crippen LogP contribution in [0.2, 0.25) is 0 Å². The monoisotopic (exact) mass is 313 g/mol. The van der Waals surface area contributed by atoms with Gasteiger partial charge in [-0.1, -0.05) is 36.0 Å². The summed E-state index contributed by atoms with van der Waals surface area (Å²) in [6.45, 7) is 5.08. The number of carbonyl (C=O) groups is 2. The first-order valence-electron chi connectivity index (χ1n) is 7.80. The van der Waals surface area contributed by atoms with Gasteiger partial charge < -0.3 is 4.90 Å². The van der Waals surface area contributed by atoms with Crippen LogP contribution in [-0.4, -0.2) is 27.1 Å². The van der Waals surface area contributed by atoms with Gasteiger partial charge in [-0.05, 0) is 31.4 Å². The first-order valence-corrected chi connectivity index (χ1v) is 8.62. The Labute approximate surface area is 134 Å². The number of nitrogens with zero attached hydrogens (tertiary/aromatic N) is 1. The highest BCUT2D eigenvalue weighted by molar-refractivity contribution is 8.15. The zero-order valence-corrected chi connectivity index (χ0v) is 13.7. The van der Waals surface area contributed by atoms with E-state index in [0.717, 1.165) is 25.1 Å². The summed E-state index contributed by atoms with van der Waals surface area (Å²) in [5.74, 6) is 0.0287. The van der Waals surface area contributed by atoms with E-state index in [9.17, 15) is 9.59 Å². The molecule has 1 aromatic rings. The summed E-state index contributed by atoms with van der Waals surface area (Å²) in [5, 5.41) is -0.0337. The van der Waals surface area contributed by atoms with Crippen molar-refractivity contribution in [2.45, 2.75) is 43.9 Å². The van der Waals surface area contributed by atoms with E-state index in [1.54, 1.807) is 0 Å². The fourth-order valence-electron chi connectivity index (χ4n) is 3.94. The average molecular weight is 313 g/mol. The van der Waals surface area contributed by atoms with E-state index in [4.69, 9.17) is 0 Å². The standard InChI is InChI=1S/C18H19NO2S/c1-18(2)10-14-16(17(21)22-18)15(20)9-13-12-6-4-3-5-11(12)7-8-19(13)14/h3-6,13H,7-10H2,1-2H3/t13-/m1/s1. The van der Waals surface area contributed by atoms with Crippen LogP contribution in [0.15, 0.2) is 35.5 Å². The average Bonchev–Trinajstić information content (AvgIpc) is 2.45. The zero-order chi connectivity index (χ0) is 15.5. The number of benzene rings is 1. The maximum absolute atomic E-state index is 12.6. The number of rotatable bonds is 0. The second kappa shape index (κ2) is 4.72. The molecule has 0 radical (unpaired) electrons. The maximum Gasteiger partial charge on any atom is 0.225 e. The maximum atomic E-state index is 12.6. The molecule has 4 heteroatoms. The van der Waals surface area contributed by atoms with Crippen LogP contribution in [0, 0.1) is 0 Å². The summed E-state index contributed by atoms with van der Waals surface area (Å²) < 4.78 is -0.130. The summed E-state index contributed by atoms with van der Waals surface area (Å²) in [6, 6.07) is 8.52. The molecular weight excluding hydrogens is 294 g/mol. The molecular formula is C18H19NO2S. The van der Waals surface area contributed by atoms with Crippen LogP contribution in [0.5, 0.6) is 0 Å². The van der Waals surface area contributed by atoms with Gasteiger partial charge in [0.15, 0.2) is 5.78 Å². The van der Waals surface area contributed by atoms with Crippen molar-refractivity contribution in [1.29, 1.82) is 0 Å². The number of fused-ring (bicyclic) bond motifs is 4. The van der Waals surface area contributed by atoms with E-state index in [0.29, 0.717) is 12.0 Å². The lowest BCUT2D eigenvalue weighted by atomic mass is 9.82. The van der Waals surface area contributed by atoms with Crippen molar-refractivity contribution in [3.8, 4) is 0 Å². The molecule has 0 aromatic heterocycles. The van der Waals surface area contributed by atoms with Crippen molar-refractivity contribution in [3.05, 3.63) is 46.7 Å². The predicted octanol–water partition coefficient (Wildman–Crippen LogP) is 3.25. The molecule has 0 saturated heterocycles. The highest BCUT2D eigenvalue weighted by atomic mass is 32.2. The zero-order valence-electron chi connectivity index (χ0n) is 12.9. The number of hydrogen-bond acceptors (Lipinski definition) is 4. The quantitative estimate of drug-likeness (QED) is 0.689. The Morgan fingerprint density at radius 3 is 2.82 bits per heavy atom. The minimum absolute atomic E-state index is 0.0287. The third kappa shape index (κ3) is 2.04. The first-order chi connectivity index (χ1) is 10.5. The van der Waals surface area contributed by atoms with Gasteiger partial charge in [0.25, 0.3) is 0 Å². The van der Waals surface area contributed by atoms with Crippen LogP contribution in [0.25, 0.3) is 0 Å². The van der Waals surface area contributed by atoms with Gasteiger partial charge in [0.05, 0.1) is 11.6 Å². The minimum Gasteiger partial charge on any atom is -0.366 e. The van der Waals surface area contributed by atoms with Gasteiger partial charge >= 0.3 is 0 Å². The number of thioether (sulfide) groups is 1. The summed E-state index contributed by atoms with van der Waals surface area (Å²) >= 11 is 1.31. The number of ketones is 1. The molecule has 1 atom stereocenters. The smallest absolute Gasteiger partial charge is 0.225 e. The Bertz CT molecular complexity index is 720. The van der Waals surface area contributed by atoms with Gasteiger partial charge in [0.1, 0.15) is 0 Å². The van der Waals surface area contributed by atoms with Crippen molar-refractivity contribution in [3.63, 3.8) is 0 Å². The van der Waals surface area contributed by atoms with Crippen LogP contribution in [0.1, 0.15) is 43.9 Å². The van der Waals surface area contributed by atoms with Crippen LogP contribution in [0.3, 0.4) is 0 Å². The van der Waals surface area contributed by atoms with Crippen molar-refractivity contribution >= 4 is 22.7 Å². The second-order valence-corrected chi connectivity index (χ2v) is 8.61. The van der Waals surface area contributed by atoms with Gasteiger partial charge in [0.2, 0.25) is 5.12 Å². The Balaban J connectivity index is 1.83. The SMILES string of the molecule is CC1(C)CC2=C(C(=O)C[C@@H]3c4ccccc4CCN23)C(=O)S1. The van der Waals surface area contributed by atoms with Crippen LogP contribution in [0.4, 0.5) is 0 Å². The highest BCUT2D eigenvalue weighted by Crippen LogP contribution is 2.48. The van der Waals surface area contributed by atoms with Crippen molar-refractivity contribution in [2.75, 3.05) is 6.54 Å². The van der Waals surface area contributed by atoms with Crippen LogP contribution < -0.4 is 0 Å². The predicted molar refractivity (Wildman–Crippen MR) is 87.5 cm³/mol. The molecule has 0 bridgehead atoms. The van der Waals surface area contributed by atoms with Crippen LogP contribution >= 0.6 is 11.8 Å². The fourth-order valence-corrected chi connectivity index (χ4v) is 4.98. The van der Waals surface area contributed by atoms with E-state index < -0.39 is 0 Å². The molecule has 3 heterocycles. The van der Waals surface area contributed by atoms with E-state index in [-0.39, 0.29) is 21.7 Å². The van der Waals surface area contributed by atoms with Gasteiger partial charge in [-0.3, -0.25) is 9.59 Å². The summed E-state index contributed by atoms with van der Waals surface area (Å²) in [5.41, 5.74) is 4.07. The lowest BCUT2D eigenvalue weighted by Gasteiger charge is -2.47. The fraction of sp³-hybridized carbons (Fsp3) is 0.444. The topological polar surface area (TPSA) is 37.4 Å². The highest BCUT2D eigenvalue weighted by Gasteiger charge is 2.45. The molecule has 0 N–H and O–H groups in total. The van der Waals surface area contributed by atoms with Crippen molar-refractivity contribution < 1.29 is 9.59 Å². The lowest BCUT2D eigenvalue weighted by molar-refractivity contribution is -0.120. The Kier molecular flexibility index (Phi) is 3.02. The largest absolute Gasteiger partial charge is 0.366 e.